The minimum atomic E-state index is 0.159. The smallest absolute Gasteiger partial charge is 0.208 e. The molecule has 0 bridgehead atoms. The molecule has 16 heavy (non-hydrogen) atoms. The summed E-state index contributed by atoms with van der Waals surface area (Å²) in [5.74, 6) is 0.996. The number of H-pyrrole nitrogens is 1. The Morgan fingerprint density at radius 2 is 2.19 bits per heavy atom. The molecule has 1 fully saturated rings. The number of aromatic amines is 1. The maximum atomic E-state index is 9.16. The third-order valence-corrected chi connectivity index (χ3v) is 4.21. The molecule has 0 spiro atoms. The van der Waals surface area contributed by atoms with Gasteiger partial charge in [0.15, 0.2) is 0 Å². The lowest BCUT2D eigenvalue weighted by atomic mass is 10.0. The Balaban J connectivity index is 2.03. The fourth-order valence-corrected chi connectivity index (χ4v) is 3.28. The molecule has 2 atom stereocenters. The van der Waals surface area contributed by atoms with Gasteiger partial charge in [-0.2, -0.15) is 5.26 Å². The molecule has 0 aromatic carbocycles. The van der Waals surface area contributed by atoms with E-state index in [-0.39, 0.29) is 5.92 Å². The molecule has 2 unspecified atom stereocenters. The molecule has 1 aromatic rings. The van der Waals surface area contributed by atoms with Crippen molar-refractivity contribution in [3.63, 3.8) is 0 Å². The second-order valence-electron chi connectivity index (χ2n) is 4.23. The Hall–Kier alpha value is -1.02. The molecule has 0 radical (unpaired) electrons. The average Bonchev–Trinajstić information content (AvgIpc) is 2.56. The zero-order valence-electron chi connectivity index (χ0n) is 9.44. The summed E-state index contributed by atoms with van der Waals surface area (Å²) >= 11 is 1.66. The largest absolute Gasteiger partial charge is 0.262 e. The van der Waals surface area contributed by atoms with Crippen LogP contribution in [-0.4, -0.2) is 20.4 Å². The molecule has 5 heteroatoms. The molecular formula is C11H16N4S. The van der Waals surface area contributed by atoms with E-state index in [0.717, 1.165) is 23.8 Å². The SMILES string of the molecule is Cc1nc(SC2CCCCCC2C#N)n[nH]1. The van der Waals surface area contributed by atoms with Crippen molar-refractivity contribution >= 4 is 11.8 Å². The van der Waals surface area contributed by atoms with Crippen molar-refractivity contribution in [1.82, 2.24) is 15.2 Å². The first-order valence-electron chi connectivity index (χ1n) is 5.75. The predicted molar refractivity (Wildman–Crippen MR) is 63.0 cm³/mol. The number of nitrogens with zero attached hydrogens (tertiary/aromatic N) is 3. The average molecular weight is 236 g/mol. The lowest BCUT2D eigenvalue weighted by Crippen LogP contribution is -2.14. The van der Waals surface area contributed by atoms with Gasteiger partial charge in [0.05, 0.1) is 12.0 Å². The monoisotopic (exact) mass is 236 g/mol. The van der Waals surface area contributed by atoms with E-state index in [4.69, 9.17) is 5.26 Å². The van der Waals surface area contributed by atoms with Gasteiger partial charge in [0.25, 0.3) is 0 Å². The van der Waals surface area contributed by atoms with Crippen molar-refractivity contribution in [2.45, 2.75) is 49.4 Å². The molecule has 1 N–H and O–H groups in total. The summed E-state index contributed by atoms with van der Waals surface area (Å²) in [6, 6.07) is 2.43. The highest BCUT2D eigenvalue weighted by Gasteiger charge is 2.25. The first-order valence-corrected chi connectivity index (χ1v) is 6.63. The summed E-state index contributed by atoms with van der Waals surface area (Å²) in [7, 11) is 0. The van der Waals surface area contributed by atoms with Gasteiger partial charge in [-0.25, -0.2) is 4.98 Å². The molecule has 1 heterocycles. The van der Waals surface area contributed by atoms with Crippen LogP contribution in [-0.2, 0) is 0 Å². The predicted octanol–water partition coefficient (Wildman–Crippen LogP) is 2.68. The quantitative estimate of drug-likeness (QED) is 0.802. The van der Waals surface area contributed by atoms with Crippen LogP contribution in [0, 0.1) is 24.2 Å². The number of nitrogens with one attached hydrogen (secondary N) is 1. The first kappa shape index (κ1) is 11.5. The second kappa shape index (κ2) is 5.35. The van der Waals surface area contributed by atoms with Crippen molar-refractivity contribution in [2.24, 2.45) is 5.92 Å². The van der Waals surface area contributed by atoms with E-state index in [2.05, 4.69) is 21.3 Å². The Morgan fingerprint density at radius 1 is 1.38 bits per heavy atom. The van der Waals surface area contributed by atoms with E-state index in [9.17, 15) is 0 Å². The Labute approximate surface area is 99.8 Å². The van der Waals surface area contributed by atoms with Gasteiger partial charge in [0.2, 0.25) is 5.16 Å². The van der Waals surface area contributed by atoms with E-state index >= 15 is 0 Å². The van der Waals surface area contributed by atoms with Gasteiger partial charge >= 0.3 is 0 Å². The summed E-state index contributed by atoms with van der Waals surface area (Å²) in [5.41, 5.74) is 0. The molecule has 86 valence electrons. The fourth-order valence-electron chi connectivity index (χ4n) is 2.07. The summed E-state index contributed by atoms with van der Waals surface area (Å²) in [6.45, 7) is 1.89. The van der Waals surface area contributed by atoms with Crippen LogP contribution in [0.25, 0.3) is 0 Å². The molecule has 4 nitrogen and oxygen atoms in total. The maximum absolute atomic E-state index is 9.16. The van der Waals surface area contributed by atoms with Crippen LogP contribution in [0.3, 0.4) is 0 Å². The molecule has 1 saturated carbocycles. The fraction of sp³-hybridized carbons (Fsp3) is 0.727. The number of nitriles is 1. The molecular weight excluding hydrogens is 220 g/mol. The molecule has 1 aromatic heterocycles. The summed E-state index contributed by atoms with van der Waals surface area (Å²) in [4.78, 5) is 4.29. The van der Waals surface area contributed by atoms with Crippen molar-refractivity contribution in [1.29, 1.82) is 5.26 Å². The zero-order valence-corrected chi connectivity index (χ0v) is 10.3. The number of hydrogen-bond acceptors (Lipinski definition) is 4. The maximum Gasteiger partial charge on any atom is 0.208 e. The van der Waals surface area contributed by atoms with E-state index in [1.807, 2.05) is 6.92 Å². The van der Waals surface area contributed by atoms with Crippen molar-refractivity contribution in [3.8, 4) is 6.07 Å². The number of rotatable bonds is 2. The number of hydrogen-bond donors (Lipinski definition) is 1. The molecule has 0 saturated heterocycles. The third-order valence-electron chi connectivity index (χ3n) is 2.95. The van der Waals surface area contributed by atoms with Crippen LogP contribution >= 0.6 is 11.8 Å². The van der Waals surface area contributed by atoms with E-state index in [0.29, 0.717) is 5.25 Å². The number of aryl methyl sites for hydroxylation is 1. The van der Waals surface area contributed by atoms with E-state index < -0.39 is 0 Å². The van der Waals surface area contributed by atoms with Gasteiger partial charge in [-0.15, -0.1) is 5.10 Å². The molecule has 0 amide bonds. The Morgan fingerprint density at radius 3 is 2.88 bits per heavy atom. The Kier molecular flexibility index (Phi) is 3.83. The zero-order chi connectivity index (χ0) is 11.4. The standard InChI is InChI=1S/C11H16N4S/c1-8-13-11(15-14-8)16-10-6-4-2-3-5-9(10)7-12/h9-10H,2-6H2,1H3,(H,13,14,15). The van der Waals surface area contributed by atoms with Gasteiger partial charge in [0, 0.05) is 5.25 Å². The van der Waals surface area contributed by atoms with Crippen LogP contribution in [0.1, 0.15) is 37.9 Å². The number of thioether (sulfide) groups is 1. The van der Waals surface area contributed by atoms with E-state index in [1.165, 1.54) is 19.3 Å². The minimum absolute atomic E-state index is 0.159. The normalized spacial score (nSPS) is 26.0. The lowest BCUT2D eigenvalue weighted by molar-refractivity contribution is 0.584. The van der Waals surface area contributed by atoms with Gasteiger partial charge in [0.1, 0.15) is 5.82 Å². The van der Waals surface area contributed by atoms with Crippen LogP contribution in [0.4, 0.5) is 0 Å². The van der Waals surface area contributed by atoms with E-state index in [1.54, 1.807) is 11.8 Å². The Bertz CT molecular complexity index is 382. The summed E-state index contributed by atoms with van der Waals surface area (Å²) in [6.07, 6.45) is 5.79. The molecule has 2 rings (SSSR count). The van der Waals surface area contributed by atoms with Crippen LogP contribution in [0.15, 0.2) is 5.16 Å². The molecule has 0 aliphatic heterocycles. The van der Waals surface area contributed by atoms with Gasteiger partial charge < -0.3 is 0 Å². The van der Waals surface area contributed by atoms with Gasteiger partial charge in [-0.3, -0.25) is 5.10 Å². The first-order chi connectivity index (χ1) is 7.79. The highest BCUT2D eigenvalue weighted by Crippen LogP contribution is 2.34. The van der Waals surface area contributed by atoms with Gasteiger partial charge in [-0.1, -0.05) is 31.0 Å². The van der Waals surface area contributed by atoms with Gasteiger partial charge in [-0.05, 0) is 19.8 Å². The molecule has 1 aliphatic rings. The summed E-state index contributed by atoms with van der Waals surface area (Å²) < 4.78 is 0. The minimum Gasteiger partial charge on any atom is -0.262 e. The van der Waals surface area contributed by atoms with Crippen LogP contribution in [0.5, 0.6) is 0 Å². The van der Waals surface area contributed by atoms with Crippen LogP contribution in [0.2, 0.25) is 0 Å². The van der Waals surface area contributed by atoms with Crippen molar-refractivity contribution < 1.29 is 0 Å². The number of aromatic nitrogens is 3. The highest BCUT2D eigenvalue weighted by atomic mass is 32.2. The summed E-state index contributed by atoms with van der Waals surface area (Å²) in [5, 5.41) is 17.3. The second-order valence-corrected chi connectivity index (χ2v) is 5.44. The topological polar surface area (TPSA) is 65.4 Å². The molecule has 1 aliphatic carbocycles. The lowest BCUT2D eigenvalue weighted by Gasteiger charge is -2.16. The van der Waals surface area contributed by atoms with Crippen molar-refractivity contribution in [2.75, 3.05) is 0 Å². The third kappa shape index (κ3) is 2.76. The highest BCUT2D eigenvalue weighted by molar-refractivity contribution is 7.99. The van der Waals surface area contributed by atoms with Crippen LogP contribution < -0.4 is 0 Å². The van der Waals surface area contributed by atoms with Crippen molar-refractivity contribution in [3.05, 3.63) is 5.82 Å².